The highest BCUT2D eigenvalue weighted by molar-refractivity contribution is 5.91. The van der Waals surface area contributed by atoms with Crippen LogP contribution in [-0.4, -0.2) is 41.6 Å². The first-order valence-electron chi connectivity index (χ1n) is 6.66. The van der Waals surface area contributed by atoms with Gasteiger partial charge >= 0.3 is 0 Å². The van der Waals surface area contributed by atoms with E-state index >= 15 is 0 Å². The summed E-state index contributed by atoms with van der Waals surface area (Å²) in [7, 11) is 0. The topological polar surface area (TPSA) is 55.6 Å². The zero-order chi connectivity index (χ0) is 13.9. The predicted molar refractivity (Wildman–Crippen MR) is 75.0 cm³/mol. The number of benzene rings is 1. The number of hydrogen-bond donors (Lipinski definition) is 0. The molecule has 1 aromatic carbocycles. The number of para-hydroxylation sites is 2. The van der Waals surface area contributed by atoms with Gasteiger partial charge in [0, 0.05) is 18.7 Å². The van der Waals surface area contributed by atoms with E-state index in [1.165, 1.54) is 6.08 Å². The molecule has 3 rings (SSSR count). The minimum Gasteiger partial charge on any atom is -0.437 e. The van der Waals surface area contributed by atoms with E-state index in [4.69, 9.17) is 9.15 Å². The molecule has 2 heterocycles. The average Bonchev–Trinajstić information content (AvgIpc) is 2.88. The van der Waals surface area contributed by atoms with Crippen molar-refractivity contribution in [1.29, 1.82) is 0 Å². The number of rotatable bonds is 2. The Hall–Kier alpha value is -2.14. The first kappa shape index (κ1) is 12.9. The summed E-state index contributed by atoms with van der Waals surface area (Å²) in [6.45, 7) is 3.78. The van der Waals surface area contributed by atoms with Gasteiger partial charge in [-0.3, -0.25) is 4.79 Å². The highest BCUT2D eigenvalue weighted by atomic mass is 16.5. The number of carbonyl (C=O) groups excluding carboxylic acids is 1. The number of oxazole rings is 1. The Balaban J connectivity index is 1.74. The van der Waals surface area contributed by atoms with Gasteiger partial charge in [0.25, 0.3) is 0 Å². The van der Waals surface area contributed by atoms with Crippen molar-refractivity contribution in [1.82, 2.24) is 9.88 Å². The number of aromatic nitrogens is 1. The summed E-state index contributed by atoms with van der Waals surface area (Å²) < 4.78 is 10.9. The molecule has 1 atom stereocenters. The fraction of sp³-hybridized carbons (Fsp3) is 0.333. The van der Waals surface area contributed by atoms with Crippen LogP contribution in [0.5, 0.6) is 0 Å². The molecule has 0 saturated carbocycles. The van der Waals surface area contributed by atoms with Crippen LogP contribution in [0.4, 0.5) is 0 Å². The van der Waals surface area contributed by atoms with Gasteiger partial charge < -0.3 is 14.1 Å². The maximum atomic E-state index is 12.1. The Morgan fingerprint density at radius 1 is 1.45 bits per heavy atom. The van der Waals surface area contributed by atoms with Crippen LogP contribution < -0.4 is 0 Å². The molecular formula is C15H16N2O3. The van der Waals surface area contributed by atoms with Gasteiger partial charge in [-0.25, -0.2) is 4.98 Å². The Bertz CT molecular complexity index is 614. The van der Waals surface area contributed by atoms with E-state index in [1.807, 2.05) is 31.2 Å². The zero-order valence-electron chi connectivity index (χ0n) is 11.3. The Labute approximate surface area is 116 Å². The van der Waals surface area contributed by atoms with E-state index in [9.17, 15) is 4.79 Å². The molecule has 2 aromatic rings. The maximum Gasteiger partial charge on any atom is 0.247 e. The van der Waals surface area contributed by atoms with Gasteiger partial charge in [-0.2, -0.15) is 0 Å². The molecular weight excluding hydrogens is 256 g/mol. The van der Waals surface area contributed by atoms with Crippen LogP contribution in [0.1, 0.15) is 12.8 Å². The van der Waals surface area contributed by atoms with Crippen molar-refractivity contribution in [2.75, 3.05) is 19.8 Å². The van der Waals surface area contributed by atoms with Gasteiger partial charge in [0.05, 0.1) is 19.3 Å². The van der Waals surface area contributed by atoms with Gasteiger partial charge in [0.15, 0.2) is 5.58 Å². The zero-order valence-corrected chi connectivity index (χ0v) is 11.3. The molecule has 5 nitrogen and oxygen atoms in total. The van der Waals surface area contributed by atoms with Gasteiger partial charge in [0.2, 0.25) is 11.8 Å². The lowest BCUT2D eigenvalue weighted by molar-refractivity contribution is -0.133. The summed E-state index contributed by atoms with van der Waals surface area (Å²) in [6.07, 6.45) is 3.12. The van der Waals surface area contributed by atoms with Crippen molar-refractivity contribution in [3.63, 3.8) is 0 Å². The molecule has 1 fully saturated rings. The van der Waals surface area contributed by atoms with Crippen molar-refractivity contribution in [3.05, 3.63) is 36.2 Å². The van der Waals surface area contributed by atoms with Crippen LogP contribution in [0.3, 0.4) is 0 Å². The van der Waals surface area contributed by atoms with E-state index < -0.39 is 0 Å². The lowest BCUT2D eigenvalue weighted by Gasteiger charge is -2.32. The molecule has 104 valence electrons. The van der Waals surface area contributed by atoms with Crippen LogP contribution in [0, 0.1) is 0 Å². The summed E-state index contributed by atoms with van der Waals surface area (Å²) in [5.41, 5.74) is 1.51. The van der Waals surface area contributed by atoms with Crippen LogP contribution in [0.15, 0.2) is 34.8 Å². The second-order valence-electron chi connectivity index (χ2n) is 4.81. The smallest absolute Gasteiger partial charge is 0.247 e. The molecule has 1 saturated heterocycles. The molecule has 5 heteroatoms. The standard InChI is InChI=1S/C15H16N2O3/c1-11-10-19-9-8-17(11)15(18)7-6-14-16-12-4-2-3-5-13(12)20-14/h2-7,11H,8-10H2,1H3/b7-6+. The normalized spacial score (nSPS) is 19.9. The second kappa shape index (κ2) is 5.46. The van der Waals surface area contributed by atoms with Crippen LogP contribution in [-0.2, 0) is 9.53 Å². The number of amides is 1. The highest BCUT2D eigenvalue weighted by Crippen LogP contribution is 2.16. The van der Waals surface area contributed by atoms with E-state index in [0.717, 1.165) is 11.1 Å². The van der Waals surface area contributed by atoms with Crippen LogP contribution in [0.2, 0.25) is 0 Å². The number of hydrogen-bond acceptors (Lipinski definition) is 4. The lowest BCUT2D eigenvalue weighted by atomic mass is 10.2. The highest BCUT2D eigenvalue weighted by Gasteiger charge is 2.21. The van der Waals surface area contributed by atoms with Gasteiger partial charge in [-0.1, -0.05) is 12.1 Å². The third-order valence-corrected chi connectivity index (χ3v) is 3.33. The first-order valence-corrected chi connectivity index (χ1v) is 6.66. The number of morpholine rings is 1. The molecule has 1 aliphatic rings. The SMILES string of the molecule is CC1COCCN1C(=O)/C=C/c1nc2ccccc2o1. The number of ether oxygens (including phenoxy) is 1. The number of carbonyl (C=O) groups is 1. The lowest BCUT2D eigenvalue weighted by Crippen LogP contribution is -2.46. The summed E-state index contributed by atoms with van der Waals surface area (Å²) in [5, 5.41) is 0. The molecule has 0 aliphatic carbocycles. The molecule has 0 radical (unpaired) electrons. The minimum absolute atomic E-state index is 0.0388. The van der Waals surface area contributed by atoms with Gasteiger partial charge in [0.1, 0.15) is 5.52 Å². The van der Waals surface area contributed by atoms with Gasteiger partial charge in [-0.05, 0) is 19.1 Å². The van der Waals surface area contributed by atoms with Crippen molar-refractivity contribution in [2.24, 2.45) is 0 Å². The fourth-order valence-electron chi connectivity index (χ4n) is 2.25. The minimum atomic E-state index is -0.0388. The molecule has 0 spiro atoms. The number of fused-ring (bicyclic) bond motifs is 1. The van der Waals surface area contributed by atoms with E-state index in [1.54, 1.807) is 11.0 Å². The van der Waals surface area contributed by atoms with Crippen molar-refractivity contribution in [3.8, 4) is 0 Å². The quantitative estimate of drug-likeness (QED) is 0.785. The molecule has 1 aromatic heterocycles. The van der Waals surface area contributed by atoms with E-state index in [0.29, 0.717) is 25.6 Å². The molecule has 1 amide bonds. The third kappa shape index (κ3) is 2.58. The summed E-state index contributed by atoms with van der Waals surface area (Å²) in [4.78, 5) is 18.2. The molecule has 0 bridgehead atoms. The Kier molecular flexibility index (Phi) is 3.52. The third-order valence-electron chi connectivity index (χ3n) is 3.33. The van der Waals surface area contributed by atoms with Crippen molar-refractivity contribution >= 4 is 23.1 Å². The fourth-order valence-corrected chi connectivity index (χ4v) is 2.25. The van der Waals surface area contributed by atoms with Crippen LogP contribution in [0.25, 0.3) is 17.2 Å². The Morgan fingerprint density at radius 2 is 2.30 bits per heavy atom. The van der Waals surface area contributed by atoms with Crippen LogP contribution >= 0.6 is 0 Å². The molecule has 0 N–H and O–H groups in total. The first-order chi connectivity index (χ1) is 9.74. The summed E-state index contributed by atoms with van der Waals surface area (Å²) in [6, 6.07) is 7.62. The van der Waals surface area contributed by atoms with Gasteiger partial charge in [-0.15, -0.1) is 0 Å². The molecule has 20 heavy (non-hydrogen) atoms. The maximum absolute atomic E-state index is 12.1. The number of nitrogens with zero attached hydrogens (tertiary/aromatic N) is 2. The second-order valence-corrected chi connectivity index (χ2v) is 4.81. The van der Waals surface area contributed by atoms with E-state index in [-0.39, 0.29) is 11.9 Å². The monoisotopic (exact) mass is 272 g/mol. The molecule has 1 aliphatic heterocycles. The largest absolute Gasteiger partial charge is 0.437 e. The van der Waals surface area contributed by atoms with E-state index in [2.05, 4.69) is 4.98 Å². The molecule has 1 unspecified atom stereocenters. The van der Waals surface area contributed by atoms with Crippen molar-refractivity contribution < 1.29 is 13.9 Å². The summed E-state index contributed by atoms with van der Waals surface area (Å²) >= 11 is 0. The average molecular weight is 272 g/mol. The Morgan fingerprint density at radius 3 is 3.10 bits per heavy atom. The predicted octanol–water partition coefficient (Wildman–Crippen LogP) is 2.09. The van der Waals surface area contributed by atoms with Crippen molar-refractivity contribution in [2.45, 2.75) is 13.0 Å². The summed E-state index contributed by atoms with van der Waals surface area (Å²) in [5.74, 6) is 0.406.